The van der Waals surface area contributed by atoms with E-state index in [2.05, 4.69) is 11.4 Å². The first-order chi connectivity index (χ1) is 9.29. The van der Waals surface area contributed by atoms with Gasteiger partial charge in [-0.05, 0) is 18.4 Å². The first kappa shape index (κ1) is 13.4. The third-order valence-electron chi connectivity index (χ3n) is 3.45. The number of alkyl carbamates (subject to hydrolysis) is 1. The molecule has 0 radical (unpaired) electrons. The molecule has 1 aliphatic carbocycles. The highest BCUT2D eigenvalue weighted by Gasteiger charge is 2.26. The lowest BCUT2D eigenvalue weighted by atomic mass is 9.86. The number of nitrogens with zero attached hydrogens (tertiary/aromatic N) is 1. The van der Waals surface area contributed by atoms with E-state index < -0.39 is 6.09 Å². The van der Waals surface area contributed by atoms with Crippen molar-refractivity contribution in [1.82, 2.24) is 5.32 Å². The van der Waals surface area contributed by atoms with Crippen LogP contribution in [0.3, 0.4) is 0 Å². The third-order valence-corrected chi connectivity index (χ3v) is 3.45. The number of carbonyl (C=O) groups excluding carboxylic acids is 1. The zero-order valence-corrected chi connectivity index (χ0v) is 10.8. The second-order valence-electron chi connectivity index (χ2n) is 4.83. The van der Waals surface area contributed by atoms with Crippen LogP contribution in [0, 0.1) is 17.2 Å². The number of nitrogens with one attached hydrogen (secondary N) is 1. The van der Waals surface area contributed by atoms with E-state index >= 15 is 0 Å². The van der Waals surface area contributed by atoms with Crippen molar-refractivity contribution in [2.24, 2.45) is 5.92 Å². The van der Waals surface area contributed by atoms with E-state index in [0.29, 0.717) is 0 Å². The molecular weight excluding hydrogens is 240 g/mol. The Morgan fingerprint density at radius 1 is 1.32 bits per heavy atom. The van der Waals surface area contributed by atoms with Gasteiger partial charge in [0.1, 0.15) is 6.61 Å². The molecular formula is C15H18N2O2. The molecule has 0 aromatic heterocycles. The van der Waals surface area contributed by atoms with E-state index in [4.69, 9.17) is 10.00 Å². The van der Waals surface area contributed by atoms with E-state index in [9.17, 15) is 4.79 Å². The summed E-state index contributed by atoms with van der Waals surface area (Å²) in [5, 5.41) is 11.8. The van der Waals surface area contributed by atoms with E-state index in [1.807, 2.05) is 30.3 Å². The molecule has 1 aliphatic rings. The van der Waals surface area contributed by atoms with Crippen LogP contribution in [0.5, 0.6) is 0 Å². The molecule has 2 rings (SSSR count). The van der Waals surface area contributed by atoms with Gasteiger partial charge in [0.2, 0.25) is 0 Å². The van der Waals surface area contributed by atoms with Gasteiger partial charge in [0.15, 0.2) is 0 Å². The number of nitriles is 1. The normalized spacial score (nSPS) is 22.3. The van der Waals surface area contributed by atoms with Gasteiger partial charge >= 0.3 is 6.09 Å². The molecule has 2 atom stereocenters. The molecule has 4 heteroatoms. The fourth-order valence-electron chi connectivity index (χ4n) is 2.37. The summed E-state index contributed by atoms with van der Waals surface area (Å²) in [6.45, 7) is 0.261. The highest BCUT2D eigenvalue weighted by molar-refractivity contribution is 5.67. The molecule has 0 saturated heterocycles. The van der Waals surface area contributed by atoms with Crippen LogP contribution in [0.1, 0.15) is 31.2 Å². The van der Waals surface area contributed by atoms with Crippen molar-refractivity contribution in [3.8, 4) is 6.07 Å². The van der Waals surface area contributed by atoms with E-state index in [0.717, 1.165) is 31.2 Å². The molecule has 4 nitrogen and oxygen atoms in total. The predicted molar refractivity (Wildman–Crippen MR) is 71.1 cm³/mol. The number of amides is 1. The summed E-state index contributed by atoms with van der Waals surface area (Å²) in [6, 6.07) is 11.7. The van der Waals surface area contributed by atoms with Crippen LogP contribution in [0.25, 0.3) is 0 Å². The van der Waals surface area contributed by atoms with Crippen molar-refractivity contribution < 1.29 is 9.53 Å². The number of rotatable bonds is 3. The van der Waals surface area contributed by atoms with Crippen molar-refractivity contribution in [2.45, 2.75) is 38.3 Å². The molecule has 0 unspecified atom stereocenters. The monoisotopic (exact) mass is 258 g/mol. The van der Waals surface area contributed by atoms with Crippen LogP contribution in [-0.2, 0) is 11.3 Å². The largest absolute Gasteiger partial charge is 0.445 e. The minimum Gasteiger partial charge on any atom is -0.445 e. The molecule has 1 saturated carbocycles. The molecule has 100 valence electrons. The second kappa shape index (κ2) is 6.79. The Morgan fingerprint density at radius 3 is 2.79 bits per heavy atom. The van der Waals surface area contributed by atoms with Gasteiger partial charge in [-0.1, -0.05) is 43.2 Å². The SMILES string of the molecule is N#C[C@H]1CCCC[C@H]1NC(=O)OCc1ccccc1. The maximum absolute atomic E-state index is 11.7. The Bertz CT molecular complexity index is 453. The Labute approximate surface area is 113 Å². The van der Waals surface area contributed by atoms with Gasteiger partial charge in [-0.25, -0.2) is 4.79 Å². The van der Waals surface area contributed by atoms with Crippen molar-refractivity contribution in [3.05, 3.63) is 35.9 Å². The second-order valence-corrected chi connectivity index (χ2v) is 4.83. The number of hydrogen-bond acceptors (Lipinski definition) is 3. The summed E-state index contributed by atoms with van der Waals surface area (Å²) in [7, 11) is 0. The quantitative estimate of drug-likeness (QED) is 0.906. The van der Waals surface area contributed by atoms with Gasteiger partial charge in [-0.3, -0.25) is 0 Å². The molecule has 1 N–H and O–H groups in total. The van der Waals surface area contributed by atoms with Gasteiger partial charge in [-0.2, -0.15) is 5.26 Å². The highest BCUT2D eigenvalue weighted by atomic mass is 16.5. The summed E-state index contributed by atoms with van der Waals surface area (Å²) in [5.74, 6) is -0.0852. The Hall–Kier alpha value is -2.02. The zero-order valence-electron chi connectivity index (χ0n) is 10.8. The average Bonchev–Trinajstić information content (AvgIpc) is 2.47. The third kappa shape index (κ3) is 3.99. The molecule has 0 bridgehead atoms. The number of hydrogen-bond donors (Lipinski definition) is 1. The summed E-state index contributed by atoms with van der Waals surface area (Å²) in [4.78, 5) is 11.7. The van der Waals surface area contributed by atoms with Gasteiger partial charge in [-0.15, -0.1) is 0 Å². The van der Waals surface area contributed by atoms with Crippen molar-refractivity contribution in [3.63, 3.8) is 0 Å². The fourth-order valence-corrected chi connectivity index (χ4v) is 2.37. The molecule has 0 spiro atoms. The van der Waals surface area contributed by atoms with Crippen molar-refractivity contribution in [2.75, 3.05) is 0 Å². The molecule has 1 amide bonds. The first-order valence-electron chi connectivity index (χ1n) is 6.66. The zero-order chi connectivity index (χ0) is 13.5. The first-order valence-corrected chi connectivity index (χ1v) is 6.66. The van der Waals surface area contributed by atoms with Crippen molar-refractivity contribution in [1.29, 1.82) is 5.26 Å². The summed E-state index contributed by atoms with van der Waals surface area (Å²) in [5.41, 5.74) is 0.957. The maximum atomic E-state index is 11.7. The number of carbonyl (C=O) groups is 1. The van der Waals surface area contributed by atoms with E-state index in [1.165, 1.54) is 0 Å². The molecule has 1 fully saturated rings. The standard InChI is InChI=1S/C15H18N2O2/c16-10-13-8-4-5-9-14(13)17-15(18)19-11-12-6-2-1-3-7-12/h1-3,6-7,13-14H,4-5,8-9,11H2,(H,17,18)/t13-,14-/m1/s1. The predicted octanol–water partition coefficient (Wildman–Crippen LogP) is 3.00. The lowest BCUT2D eigenvalue weighted by molar-refractivity contribution is 0.130. The number of ether oxygens (including phenoxy) is 1. The van der Waals surface area contributed by atoms with Crippen LogP contribution in [-0.4, -0.2) is 12.1 Å². The lowest BCUT2D eigenvalue weighted by Crippen LogP contribution is -2.41. The Balaban J connectivity index is 1.79. The maximum Gasteiger partial charge on any atom is 0.407 e. The molecule has 1 aromatic carbocycles. The smallest absolute Gasteiger partial charge is 0.407 e. The lowest BCUT2D eigenvalue weighted by Gasteiger charge is -2.27. The minimum absolute atomic E-state index is 0.0676. The van der Waals surface area contributed by atoms with Crippen LogP contribution >= 0.6 is 0 Å². The van der Waals surface area contributed by atoms with Gasteiger partial charge < -0.3 is 10.1 Å². The fraction of sp³-hybridized carbons (Fsp3) is 0.467. The minimum atomic E-state index is -0.434. The summed E-state index contributed by atoms with van der Waals surface area (Å²) < 4.78 is 5.16. The van der Waals surface area contributed by atoms with Crippen molar-refractivity contribution >= 4 is 6.09 Å². The number of benzene rings is 1. The van der Waals surface area contributed by atoms with Crippen LogP contribution in [0.2, 0.25) is 0 Å². The molecule has 0 heterocycles. The van der Waals surface area contributed by atoms with E-state index in [-0.39, 0.29) is 18.6 Å². The van der Waals surface area contributed by atoms with Gasteiger partial charge in [0.05, 0.1) is 12.0 Å². The Morgan fingerprint density at radius 2 is 2.05 bits per heavy atom. The topological polar surface area (TPSA) is 62.1 Å². The van der Waals surface area contributed by atoms with E-state index in [1.54, 1.807) is 0 Å². The molecule has 0 aliphatic heterocycles. The molecule has 19 heavy (non-hydrogen) atoms. The van der Waals surface area contributed by atoms with Crippen LogP contribution < -0.4 is 5.32 Å². The summed E-state index contributed by atoms with van der Waals surface area (Å²) >= 11 is 0. The van der Waals surface area contributed by atoms with Crippen LogP contribution in [0.15, 0.2) is 30.3 Å². The Kier molecular flexibility index (Phi) is 4.79. The summed E-state index contributed by atoms with van der Waals surface area (Å²) in [6.07, 6.45) is 3.41. The van der Waals surface area contributed by atoms with Gasteiger partial charge in [0, 0.05) is 6.04 Å². The average molecular weight is 258 g/mol. The molecule has 1 aromatic rings. The highest BCUT2D eigenvalue weighted by Crippen LogP contribution is 2.23. The van der Waals surface area contributed by atoms with Crippen LogP contribution in [0.4, 0.5) is 4.79 Å². The van der Waals surface area contributed by atoms with Gasteiger partial charge in [0.25, 0.3) is 0 Å².